The number of methoxy groups -OCH3 is 1. The predicted molar refractivity (Wildman–Crippen MR) is 122 cm³/mol. The summed E-state index contributed by atoms with van der Waals surface area (Å²) in [6.07, 6.45) is 0. The Kier molecular flexibility index (Phi) is 6.96. The Hall–Kier alpha value is -1.81. The minimum atomic E-state index is -4.51. The Morgan fingerprint density at radius 2 is 1.30 bits per heavy atom. The van der Waals surface area contributed by atoms with E-state index in [2.05, 4.69) is 0 Å². The van der Waals surface area contributed by atoms with E-state index in [4.69, 9.17) is 51.1 Å². The average Bonchev–Trinajstić information content (AvgIpc) is 2.75. The van der Waals surface area contributed by atoms with E-state index in [1.165, 1.54) is 43.5 Å². The molecule has 0 aliphatic carbocycles. The van der Waals surface area contributed by atoms with E-state index in [1.54, 1.807) is 24.3 Å². The van der Waals surface area contributed by atoms with Gasteiger partial charge >= 0.3 is 0 Å². The summed E-state index contributed by atoms with van der Waals surface area (Å²) in [5, 5.41) is -0.235. The maximum Gasteiger partial charge on any atom is 0.249 e. The van der Waals surface area contributed by atoms with E-state index in [0.29, 0.717) is 0 Å². The van der Waals surface area contributed by atoms with Gasteiger partial charge in [-0.05, 0) is 24.3 Å². The first-order valence-corrected chi connectivity index (χ1v) is 11.7. The quantitative estimate of drug-likeness (QED) is 0.270. The highest BCUT2D eigenvalue weighted by molar-refractivity contribution is 8.01. The lowest BCUT2D eigenvalue weighted by Gasteiger charge is -2.20. The number of carbonyl (C=O) groups is 2. The Morgan fingerprint density at radius 3 is 1.93 bits per heavy atom. The largest absolute Gasteiger partial charge is 0.496 e. The van der Waals surface area contributed by atoms with Gasteiger partial charge in [0.25, 0.3) is 0 Å². The number of rotatable bonds is 6. The van der Waals surface area contributed by atoms with Crippen molar-refractivity contribution >= 4 is 69.9 Å². The van der Waals surface area contributed by atoms with Crippen LogP contribution in [0.15, 0.2) is 60.7 Å². The molecule has 0 aliphatic rings. The van der Waals surface area contributed by atoms with Gasteiger partial charge in [0.1, 0.15) is 5.75 Å². The predicted octanol–water partition coefficient (Wildman–Crippen LogP) is 6.98. The fourth-order valence-corrected chi connectivity index (χ4v) is 6.37. The molecule has 3 aromatic carbocycles. The van der Waals surface area contributed by atoms with Crippen LogP contribution in [0.1, 0.15) is 20.7 Å². The van der Waals surface area contributed by atoms with Gasteiger partial charge in [-0.2, -0.15) is 0 Å². The minimum absolute atomic E-state index is 0.00778. The zero-order chi connectivity index (χ0) is 22.1. The molecule has 0 heterocycles. The van der Waals surface area contributed by atoms with Crippen LogP contribution in [0, 0.1) is 0 Å². The molecular weight excluding hydrogens is 489 g/mol. The highest BCUT2D eigenvalue weighted by Crippen LogP contribution is 2.55. The number of carbonyl (C=O) groups excluding carboxylic acids is 2. The number of halogens is 4. The third-order valence-electron chi connectivity index (χ3n) is 4.36. The monoisotopic (exact) mass is 500 g/mol. The van der Waals surface area contributed by atoms with Gasteiger partial charge in [0, 0.05) is 5.30 Å². The van der Waals surface area contributed by atoms with Crippen LogP contribution in [0.5, 0.6) is 5.75 Å². The molecule has 0 aliphatic heterocycles. The molecule has 0 spiro atoms. The maximum absolute atomic E-state index is 14.3. The topological polar surface area (TPSA) is 60.4 Å². The van der Waals surface area contributed by atoms with Gasteiger partial charge in [0.05, 0.1) is 38.3 Å². The number of ether oxygens (including phenoxy) is 1. The molecule has 3 rings (SSSR count). The normalized spacial score (nSPS) is 12.8. The SMILES string of the molecule is COc1cccc(Cl)c1C(=O)P(=O)(C(=O)c1c(Cl)ccc(Cl)c1Cl)c1ccccc1. The van der Waals surface area contributed by atoms with Gasteiger partial charge in [-0.15, -0.1) is 0 Å². The molecule has 3 aromatic rings. The van der Waals surface area contributed by atoms with Crippen molar-refractivity contribution in [3.05, 3.63) is 91.9 Å². The highest BCUT2D eigenvalue weighted by Gasteiger charge is 2.46. The number of benzene rings is 3. The first kappa shape index (κ1) is 22.9. The molecule has 0 saturated carbocycles. The molecule has 4 nitrogen and oxygen atoms in total. The summed E-state index contributed by atoms with van der Waals surface area (Å²) < 4.78 is 19.5. The zero-order valence-electron chi connectivity index (χ0n) is 15.4. The fourth-order valence-electron chi connectivity index (χ4n) is 2.88. The second-order valence-electron chi connectivity index (χ2n) is 6.09. The fraction of sp³-hybridized carbons (Fsp3) is 0.0476. The standard InChI is InChI=1S/C21H13Cl4O4P/c1-29-16-9-5-8-13(22)17(16)20(26)30(28,12-6-3-2-4-7-12)21(27)18-14(23)10-11-15(24)19(18)25/h2-11H,1H3. The molecule has 30 heavy (non-hydrogen) atoms. The Morgan fingerprint density at radius 1 is 0.733 bits per heavy atom. The van der Waals surface area contributed by atoms with Gasteiger partial charge < -0.3 is 9.30 Å². The van der Waals surface area contributed by atoms with Crippen LogP contribution >= 0.6 is 53.5 Å². The molecule has 0 saturated heterocycles. The summed E-state index contributed by atoms with van der Waals surface area (Å²) in [6.45, 7) is 0. The van der Waals surface area contributed by atoms with Crippen LogP contribution in [0.3, 0.4) is 0 Å². The first-order valence-electron chi connectivity index (χ1n) is 8.45. The van der Waals surface area contributed by atoms with Crippen molar-refractivity contribution in [3.8, 4) is 5.75 Å². The van der Waals surface area contributed by atoms with Crippen LogP contribution in [-0.4, -0.2) is 18.2 Å². The van der Waals surface area contributed by atoms with E-state index in [9.17, 15) is 14.2 Å². The smallest absolute Gasteiger partial charge is 0.249 e. The summed E-state index contributed by atoms with van der Waals surface area (Å²) in [5.74, 6) is 0.0831. The van der Waals surface area contributed by atoms with Crippen LogP contribution in [0.2, 0.25) is 20.1 Å². The van der Waals surface area contributed by atoms with Crippen molar-refractivity contribution in [2.75, 3.05) is 7.11 Å². The summed E-state index contributed by atoms with van der Waals surface area (Å²) in [4.78, 5) is 27.2. The lowest BCUT2D eigenvalue weighted by atomic mass is 10.2. The maximum atomic E-state index is 14.3. The van der Waals surface area contributed by atoms with Crippen molar-refractivity contribution in [2.45, 2.75) is 0 Å². The van der Waals surface area contributed by atoms with E-state index in [0.717, 1.165) is 0 Å². The molecule has 0 fully saturated rings. The second kappa shape index (κ2) is 9.13. The molecule has 0 amide bonds. The molecule has 0 radical (unpaired) electrons. The Balaban J connectivity index is 2.33. The molecule has 1 atom stereocenters. The third-order valence-corrected chi connectivity index (χ3v) is 8.41. The highest BCUT2D eigenvalue weighted by atomic mass is 35.5. The van der Waals surface area contributed by atoms with Crippen LogP contribution in [0.25, 0.3) is 0 Å². The van der Waals surface area contributed by atoms with E-state index >= 15 is 0 Å². The number of hydrogen-bond acceptors (Lipinski definition) is 4. The van der Waals surface area contributed by atoms with Gasteiger partial charge in [0.15, 0.2) is 0 Å². The molecule has 154 valence electrons. The van der Waals surface area contributed by atoms with Gasteiger partial charge in [0.2, 0.25) is 18.2 Å². The summed E-state index contributed by atoms with van der Waals surface area (Å²) in [6, 6.07) is 14.9. The molecule has 1 unspecified atom stereocenters. The summed E-state index contributed by atoms with van der Waals surface area (Å²) in [5.41, 5.74) is -2.50. The van der Waals surface area contributed by atoms with Crippen molar-refractivity contribution in [1.29, 1.82) is 0 Å². The molecule has 0 N–H and O–H groups in total. The summed E-state index contributed by atoms with van der Waals surface area (Å²) >= 11 is 24.7. The van der Waals surface area contributed by atoms with E-state index < -0.39 is 18.2 Å². The lowest BCUT2D eigenvalue weighted by molar-refractivity contribution is 0.104. The van der Waals surface area contributed by atoms with Crippen molar-refractivity contribution in [2.24, 2.45) is 0 Å². The van der Waals surface area contributed by atoms with Crippen molar-refractivity contribution in [3.63, 3.8) is 0 Å². The average molecular weight is 502 g/mol. The Labute approximate surface area is 193 Å². The Bertz CT molecular complexity index is 1200. The van der Waals surface area contributed by atoms with E-state index in [-0.39, 0.29) is 42.3 Å². The van der Waals surface area contributed by atoms with Crippen molar-refractivity contribution < 1.29 is 18.9 Å². The van der Waals surface area contributed by atoms with Gasteiger partial charge in [-0.1, -0.05) is 82.8 Å². The van der Waals surface area contributed by atoms with E-state index in [1.807, 2.05) is 0 Å². The zero-order valence-corrected chi connectivity index (χ0v) is 19.3. The van der Waals surface area contributed by atoms with Crippen LogP contribution in [0.4, 0.5) is 0 Å². The lowest BCUT2D eigenvalue weighted by Crippen LogP contribution is -2.21. The van der Waals surface area contributed by atoms with Gasteiger partial charge in [-0.3, -0.25) is 9.59 Å². The number of hydrogen-bond donors (Lipinski definition) is 0. The molecule has 9 heteroatoms. The van der Waals surface area contributed by atoms with Crippen LogP contribution in [-0.2, 0) is 4.57 Å². The van der Waals surface area contributed by atoms with Crippen LogP contribution < -0.4 is 10.0 Å². The molecule has 0 bridgehead atoms. The minimum Gasteiger partial charge on any atom is -0.496 e. The van der Waals surface area contributed by atoms with Gasteiger partial charge in [-0.25, -0.2) is 0 Å². The first-order chi connectivity index (χ1) is 14.2. The third kappa shape index (κ3) is 3.91. The molecule has 0 aromatic heterocycles. The summed E-state index contributed by atoms with van der Waals surface area (Å²) in [7, 11) is -3.17. The molecular formula is C21H13Cl4O4P. The van der Waals surface area contributed by atoms with Crippen molar-refractivity contribution in [1.82, 2.24) is 0 Å². The second-order valence-corrected chi connectivity index (χ2v) is 10.2.